The van der Waals surface area contributed by atoms with Gasteiger partial charge < -0.3 is 21.4 Å². The van der Waals surface area contributed by atoms with Crippen LogP contribution in [0.2, 0.25) is 0 Å². The average molecular weight is 648 g/mol. The van der Waals surface area contributed by atoms with Gasteiger partial charge in [-0.15, -0.1) is 23.7 Å². The number of amides is 1. The molecule has 0 spiro atoms. The van der Waals surface area contributed by atoms with Crippen molar-refractivity contribution in [2.24, 2.45) is 5.92 Å². The Morgan fingerprint density at radius 3 is 2.44 bits per heavy atom. The van der Waals surface area contributed by atoms with Crippen molar-refractivity contribution in [3.05, 3.63) is 84.0 Å². The van der Waals surface area contributed by atoms with E-state index in [-0.39, 0.29) is 26.8 Å². The van der Waals surface area contributed by atoms with Crippen LogP contribution < -0.4 is 5.32 Å². The molecule has 0 aliphatic heterocycles. The predicted octanol–water partition coefficient (Wildman–Crippen LogP) is 6.06. The fourth-order valence-corrected chi connectivity index (χ4v) is 3.45. The van der Waals surface area contributed by atoms with Gasteiger partial charge in [-0.25, -0.2) is 0 Å². The fourth-order valence-electron chi connectivity index (χ4n) is 3.45. The zero-order valence-corrected chi connectivity index (χ0v) is 23.0. The van der Waals surface area contributed by atoms with Crippen molar-refractivity contribution >= 4 is 23.5 Å². The monoisotopic (exact) mass is 648 g/mol. The summed E-state index contributed by atoms with van der Waals surface area (Å²) in [7, 11) is 0. The summed E-state index contributed by atoms with van der Waals surface area (Å²) in [6, 6.07) is 13.6. The smallest absolute Gasteiger partial charge is 0.675 e. The van der Waals surface area contributed by atoms with Crippen LogP contribution in [0.3, 0.4) is 0 Å². The number of allylic oxidation sites excluding steroid dienone is 1. The van der Waals surface area contributed by atoms with Gasteiger partial charge >= 0.3 is 21.1 Å². The fraction of sp³-hybridized carbons (Fsp3) is 0.250. The number of nitrogens with zero attached hydrogens (tertiary/aromatic N) is 2. The maximum Gasteiger partial charge on any atom is 2.00 e. The van der Waals surface area contributed by atoms with Crippen LogP contribution in [0.15, 0.2) is 66.5 Å². The number of pyridine rings is 2. The average Bonchev–Trinajstić information content (AvgIpc) is 3.82. The maximum absolute atomic E-state index is 12.5. The van der Waals surface area contributed by atoms with Gasteiger partial charge in [0, 0.05) is 23.8 Å². The van der Waals surface area contributed by atoms with Crippen molar-refractivity contribution in [1.82, 2.24) is 9.97 Å². The number of aryl methyl sites for hydroxylation is 1. The first-order valence-corrected chi connectivity index (χ1v) is 11.7. The minimum atomic E-state index is -0.488. The van der Waals surface area contributed by atoms with Crippen LogP contribution >= 0.6 is 0 Å². The summed E-state index contributed by atoms with van der Waals surface area (Å²) in [5, 5.41) is 18.4. The standard InChI is InChI=1S/C25H22N5O.C3H6N.W/c1-16-2-5-21(30-25(31)23(27)12-20(15-26)17-3-4-17)14-22(16)19-8-11-29-24(13-19)18-6-9-28-10-7-18;4-3-1-2-3;/h2,5-9,11-15,17,26-27H,3-4H2,1H3,(H,30,31);3-4H,1-2H2;/q2*-1;+2/b20-12+,26-15?,27-23?;;. The van der Waals surface area contributed by atoms with Crippen molar-refractivity contribution < 1.29 is 25.9 Å². The summed E-state index contributed by atoms with van der Waals surface area (Å²) in [4.78, 5) is 20.9. The first-order chi connectivity index (χ1) is 16.9. The molecule has 3 aromatic rings. The molecule has 182 valence electrons. The largest absolute Gasteiger partial charge is 2.00 e. The van der Waals surface area contributed by atoms with Crippen LogP contribution in [0.25, 0.3) is 28.1 Å². The Kier molecular flexibility index (Phi) is 9.57. The van der Waals surface area contributed by atoms with E-state index >= 15 is 0 Å². The van der Waals surface area contributed by atoms with Crippen LogP contribution in [0.4, 0.5) is 5.69 Å². The van der Waals surface area contributed by atoms with Gasteiger partial charge in [-0.3, -0.25) is 15.2 Å². The third kappa shape index (κ3) is 7.61. The van der Waals surface area contributed by atoms with Crippen molar-refractivity contribution in [2.45, 2.75) is 38.6 Å². The molecule has 2 saturated carbocycles. The van der Waals surface area contributed by atoms with Gasteiger partial charge in [0.25, 0.3) is 5.91 Å². The molecule has 2 fully saturated rings. The zero-order valence-electron chi connectivity index (χ0n) is 20.0. The summed E-state index contributed by atoms with van der Waals surface area (Å²) < 4.78 is 0. The van der Waals surface area contributed by atoms with Crippen LogP contribution in [0, 0.1) is 29.9 Å². The van der Waals surface area contributed by atoms with Gasteiger partial charge in [0.15, 0.2) is 0 Å². The topological polar surface area (TPSA) is 126 Å². The molecular weight excluding hydrogens is 620 g/mol. The van der Waals surface area contributed by atoms with E-state index in [9.17, 15) is 4.79 Å². The van der Waals surface area contributed by atoms with Gasteiger partial charge in [0.05, 0.1) is 0 Å². The molecule has 4 N–H and O–H groups in total. The molecule has 2 aliphatic carbocycles. The Hall–Kier alpha value is -3.28. The zero-order chi connectivity index (χ0) is 24.8. The summed E-state index contributed by atoms with van der Waals surface area (Å²) in [5.41, 5.74) is 12.7. The molecule has 2 aromatic heterocycles. The number of nitrogens with one attached hydrogen (secondary N) is 4. The number of hydrogen-bond acceptors (Lipinski definition) is 5. The van der Waals surface area contributed by atoms with Crippen LogP contribution in [0.5, 0.6) is 0 Å². The Morgan fingerprint density at radius 2 is 1.83 bits per heavy atom. The molecule has 1 aromatic carbocycles. The molecule has 0 saturated heterocycles. The molecular formula is C28H28N6OW. The predicted molar refractivity (Wildman–Crippen MR) is 140 cm³/mol. The summed E-state index contributed by atoms with van der Waals surface area (Å²) in [6.45, 7) is 2.01. The Morgan fingerprint density at radius 1 is 1.11 bits per heavy atom. The number of hydrogen-bond donors (Lipinski definition) is 3. The van der Waals surface area contributed by atoms with Crippen LogP contribution in [0.1, 0.15) is 31.2 Å². The minimum absolute atomic E-state index is 0. The second kappa shape index (κ2) is 12.6. The van der Waals surface area contributed by atoms with Gasteiger partial charge in [-0.1, -0.05) is 31.3 Å². The summed E-state index contributed by atoms with van der Waals surface area (Å²) >= 11 is 0. The second-order valence-corrected chi connectivity index (χ2v) is 8.84. The number of anilines is 1. The number of carbonyl (C=O) groups is 1. The summed E-state index contributed by atoms with van der Waals surface area (Å²) in [6.07, 6.45) is 13.3. The second-order valence-electron chi connectivity index (χ2n) is 8.84. The van der Waals surface area contributed by atoms with Gasteiger partial charge in [0.1, 0.15) is 5.71 Å². The SMILES string of the molecule is Cc1ccc(NC(=O)C(=N)/C=C(\C=N)C2CC2)cc1-c1ccnc(-c2c[c-]ncc2)c1.[NH-]C1CC1.[W+2]. The van der Waals surface area contributed by atoms with E-state index in [2.05, 4.69) is 21.5 Å². The van der Waals surface area contributed by atoms with Crippen molar-refractivity contribution in [2.75, 3.05) is 5.32 Å². The van der Waals surface area contributed by atoms with Gasteiger partial charge in [-0.05, 0) is 78.3 Å². The molecule has 36 heavy (non-hydrogen) atoms. The van der Waals surface area contributed by atoms with Crippen LogP contribution in [-0.2, 0) is 25.9 Å². The first-order valence-electron chi connectivity index (χ1n) is 11.7. The van der Waals surface area contributed by atoms with E-state index in [1.807, 2.05) is 43.3 Å². The molecule has 5 rings (SSSR count). The molecule has 2 heterocycles. The third-order valence-corrected chi connectivity index (χ3v) is 5.83. The van der Waals surface area contributed by atoms with E-state index in [1.54, 1.807) is 18.5 Å². The van der Waals surface area contributed by atoms with E-state index in [0.717, 1.165) is 59.2 Å². The number of carbonyl (C=O) groups excluding carboxylic acids is 1. The van der Waals surface area contributed by atoms with E-state index in [4.69, 9.17) is 16.6 Å². The molecule has 1 amide bonds. The van der Waals surface area contributed by atoms with Crippen molar-refractivity contribution in [3.8, 4) is 22.4 Å². The summed E-state index contributed by atoms with van der Waals surface area (Å²) in [5.74, 6) is -0.173. The third-order valence-electron chi connectivity index (χ3n) is 5.83. The quantitative estimate of drug-likeness (QED) is 0.213. The van der Waals surface area contributed by atoms with Gasteiger partial charge in [0.2, 0.25) is 0 Å². The first kappa shape index (κ1) is 27.3. The van der Waals surface area contributed by atoms with E-state index < -0.39 is 5.91 Å². The Labute approximate surface area is 225 Å². The number of aromatic nitrogens is 2. The number of benzene rings is 1. The van der Waals surface area contributed by atoms with E-state index in [0.29, 0.717) is 17.6 Å². The maximum atomic E-state index is 12.5. The molecule has 8 heteroatoms. The molecule has 0 atom stereocenters. The van der Waals surface area contributed by atoms with Crippen molar-refractivity contribution in [3.63, 3.8) is 0 Å². The Balaban J connectivity index is 0.000000658. The normalized spacial score (nSPS) is 14.6. The van der Waals surface area contributed by atoms with Crippen LogP contribution in [-0.4, -0.2) is 33.8 Å². The molecule has 7 nitrogen and oxygen atoms in total. The van der Waals surface area contributed by atoms with E-state index in [1.165, 1.54) is 12.3 Å². The molecule has 0 radical (unpaired) electrons. The molecule has 0 bridgehead atoms. The molecule has 2 aliphatic rings. The minimum Gasteiger partial charge on any atom is -0.675 e. The molecule has 0 unspecified atom stereocenters. The van der Waals surface area contributed by atoms with Gasteiger partial charge in [-0.2, -0.15) is 0 Å². The van der Waals surface area contributed by atoms with Crippen molar-refractivity contribution in [1.29, 1.82) is 10.8 Å². The Bertz CT molecular complexity index is 1270. The number of rotatable bonds is 7.